The highest BCUT2D eigenvalue weighted by Gasteiger charge is 2.35. The summed E-state index contributed by atoms with van der Waals surface area (Å²) >= 11 is 0. The van der Waals surface area contributed by atoms with E-state index in [1.165, 1.54) is 0 Å². The number of nitrogens with zero attached hydrogens (tertiary/aromatic N) is 1. The van der Waals surface area contributed by atoms with E-state index in [2.05, 4.69) is 6.58 Å². The van der Waals surface area contributed by atoms with Gasteiger partial charge in [0.1, 0.15) is 6.61 Å². The molecule has 0 bridgehead atoms. The van der Waals surface area contributed by atoms with Crippen LogP contribution in [0.15, 0.2) is 54.6 Å². The molecule has 0 unspecified atom stereocenters. The number of carbonyl (C=O) groups excluding carboxylic acids is 1. The minimum atomic E-state index is 0.0778. The number of ether oxygens (including phenoxy) is 2. The molecule has 0 aliphatic carbocycles. The summed E-state index contributed by atoms with van der Waals surface area (Å²) in [5.74, 6) is 1.37. The number of amides is 1. The summed E-state index contributed by atoms with van der Waals surface area (Å²) in [6.45, 7) is 5.20. The maximum Gasteiger partial charge on any atom is 0.254 e. The maximum atomic E-state index is 13.0. The van der Waals surface area contributed by atoms with Gasteiger partial charge in [0, 0.05) is 18.2 Å². The first kappa shape index (κ1) is 16.7. The molecule has 0 spiro atoms. The van der Waals surface area contributed by atoms with Gasteiger partial charge in [0.15, 0.2) is 11.5 Å². The number of benzene rings is 2. The van der Waals surface area contributed by atoms with Crippen LogP contribution in [0.5, 0.6) is 11.5 Å². The second-order valence-corrected chi connectivity index (χ2v) is 7.01. The highest BCUT2D eigenvalue weighted by molar-refractivity contribution is 5.97. The zero-order valence-electron chi connectivity index (χ0n) is 15.0. The number of carbonyl (C=O) groups is 1. The predicted molar refractivity (Wildman–Crippen MR) is 101 cm³/mol. The highest BCUT2D eigenvalue weighted by atomic mass is 16.5. The highest BCUT2D eigenvalue weighted by Crippen LogP contribution is 2.37. The average molecular weight is 349 g/mol. The van der Waals surface area contributed by atoms with Crippen molar-refractivity contribution in [1.29, 1.82) is 0 Å². The Balaban J connectivity index is 1.63. The van der Waals surface area contributed by atoms with Crippen molar-refractivity contribution in [3.8, 4) is 11.5 Å². The van der Waals surface area contributed by atoms with Gasteiger partial charge in [-0.2, -0.15) is 0 Å². The third-order valence-corrected chi connectivity index (χ3v) is 5.22. The van der Waals surface area contributed by atoms with Crippen molar-refractivity contribution < 1.29 is 14.3 Å². The van der Waals surface area contributed by atoms with Crippen LogP contribution >= 0.6 is 0 Å². The van der Waals surface area contributed by atoms with Gasteiger partial charge < -0.3 is 14.4 Å². The van der Waals surface area contributed by atoms with E-state index in [0.29, 0.717) is 24.7 Å². The molecule has 2 aromatic carbocycles. The van der Waals surface area contributed by atoms with Gasteiger partial charge in [-0.05, 0) is 42.5 Å². The average Bonchev–Trinajstić information content (AvgIpc) is 3.00. The monoisotopic (exact) mass is 349 g/mol. The molecule has 26 heavy (non-hydrogen) atoms. The van der Waals surface area contributed by atoms with Crippen molar-refractivity contribution in [3.05, 3.63) is 71.3 Å². The van der Waals surface area contributed by atoms with Crippen LogP contribution in [0.4, 0.5) is 0 Å². The molecule has 1 atom stereocenters. The summed E-state index contributed by atoms with van der Waals surface area (Å²) < 4.78 is 11.5. The van der Waals surface area contributed by atoms with Crippen LogP contribution in [0.3, 0.4) is 0 Å². The summed E-state index contributed by atoms with van der Waals surface area (Å²) in [6, 6.07) is 14.1. The fraction of sp³-hybridized carbons (Fsp3) is 0.318. The number of hydrogen-bond donors (Lipinski definition) is 0. The standard InChI is InChI=1S/C22H23NO3/c1-15-10-18-9-8-17-11-21(26-14-16-6-4-3-5-7-16)20(25-2)12-19(17)22(24)23(18)13-15/h3-7,11-12,18H,1,8-10,13-14H2,2H3/t18-/m1/s1. The lowest BCUT2D eigenvalue weighted by Gasteiger charge is -2.21. The van der Waals surface area contributed by atoms with E-state index in [-0.39, 0.29) is 11.9 Å². The lowest BCUT2D eigenvalue weighted by atomic mass is 10.00. The van der Waals surface area contributed by atoms with E-state index in [0.717, 1.165) is 41.5 Å². The SMILES string of the molecule is C=C1C[C@H]2CCc3cc(OCc4ccccc4)c(OC)cc3C(=O)N2C1. The van der Waals surface area contributed by atoms with Gasteiger partial charge in [-0.25, -0.2) is 0 Å². The summed E-state index contributed by atoms with van der Waals surface area (Å²) in [4.78, 5) is 15.0. The molecule has 2 heterocycles. The first-order valence-corrected chi connectivity index (χ1v) is 9.01. The topological polar surface area (TPSA) is 38.8 Å². The first-order chi connectivity index (χ1) is 12.7. The van der Waals surface area contributed by atoms with Crippen molar-refractivity contribution in [2.24, 2.45) is 0 Å². The molecule has 4 rings (SSSR count). The van der Waals surface area contributed by atoms with Gasteiger partial charge in [-0.3, -0.25) is 4.79 Å². The number of hydrogen-bond acceptors (Lipinski definition) is 3. The largest absolute Gasteiger partial charge is 0.493 e. The van der Waals surface area contributed by atoms with Crippen molar-refractivity contribution in [2.75, 3.05) is 13.7 Å². The summed E-state index contributed by atoms with van der Waals surface area (Å²) in [6.07, 6.45) is 2.73. The van der Waals surface area contributed by atoms with Crippen molar-refractivity contribution in [2.45, 2.75) is 31.9 Å². The summed E-state index contributed by atoms with van der Waals surface area (Å²) in [5, 5.41) is 0. The van der Waals surface area contributed by atoms with Gasteiger partial charge in [-0.15, -0.1) is 0 Å². The number of methoxy groups -OCH3 is 1. The lowest BCUT2D eigenvalue weighted by molar-refractivity contribution is 0.0742. The Kier molecular flexibility index (Phi) is 4.41. The van der Waals surface area contributed by atoms with Crippen LogP contribution in [0.1, 0.15) is 34.3 Å². The van der Waals surface area contributed by atoms with E-state index < -0.39 is 0 Å². The minimum Gasteiger partial charge on any atom is -0.493 e. The van der Waals surface area contributed by atoms with Crippen LogP contribution in [-0.2, 0) is 13.0 Å². The maximum absolute atomic E-state index is 13.0. The normalized spacial score (nSPS) is 19.0. The van der Waals surface area contributed by atoms with Crippen LogP contribution < -0.4 is 9.47 Å². The van der Waals surface area contributed by atoms with E-state index >= 15 is 0 Å². The van der Waals surface area contributed by atoms with E-state index in [4.69, 9.17) is 9.47 Å². The molecule has 0 N–H and O–H groups in total. The van der Waals surface area contributed by atoms with Crippen LogP contribution in [-0.4, -0.2) is 30.5 Å². The van der Waals surface area contributed by atoms with Crippen LogP contribution in [0.2, 0.25) is 0 Å². The molecule has 4 heteroatoms. The molecule has 4 nitrogen and oxygen atoms in total. The molecule has 0 radical (unpaired) electrons. The number of aryl methyl sites for hydroxylation is 1. The van der Waals surface area contributed by atoms with Gasteiger partial charge in [-0.1, -0.05) is 42.5 Å². The van der Waals surface area contributed by atoms with Gasteiger partial charge in [0.2, 0.25) is 0 Å². The molecule has 2 aliphatic heterocycles. The number of rotatable bonds is 4. The van der Waals surface area contributed by atoms with Crippen molar-refractivity contribution in [1.82, 2.24) is 4.90 Å². The minimum absolute atomic E-state index is 0.0778. The molecule has 2 aliphatic rings. The third kappa shape index (κ3) is 3.07. The lowest BCUT2D eigenvalue weighted by Crippen LogP contribution is -2.34. The molecule has 1 fully saturated rings. The summed E-state index contributed by atoms with van der Waals surface area (Å²) in [7, 11) is 1.61. The van der Waals surface area contributed by atoms with Gasteiger partial charge in [0.25, 0.3) is 5.91 Å². The molecule has 134 valence electrons. The van der Waals surface area contributed by atoms with E-state index in [1.807, 2.05) is 47.4 Å². The molecule has 1 saturated heterocycles. The van der Waals surface area contributed by atoms with E-state index in [9.17, 15) is 4.79 Å². The molecular weight excluding hydrogens is 326 g/mol. The first-order valence-electron chi connectivity index (χ1n) is 9.01. The van der Waals surface area contributed by atoms with Gasteiger partial charge in [0.05, 0.1) is 7.11 Å². The van der Waals surface area contributed by atoms with E-state index in [1.54, 1.807) is 7.11 Å². The summed E-state index contributed by atoms with van der Waals surface area (Å²) in [5.41, 5.74) is 4.01. The van der Waals surface area contributed by atoms with Crippen molar-refractivity contribution in [3.63, 3.8) is 0 Å². The molecule has 0 saturated carbocycles. The fourth-order valence-corrected chi connectivity index (χ4v) is 3.87. The molecule has 2 aromatic rings. The van der Waals surface area contributed by atoms with Crippen molar-refractivity contribution >= 4 is 5.91 Å². The second kappa shape index (κ2) is 6.87. The van der Waals surface area contributed by atoms with Crippen LogP contribution in [0.25, 0.3) is 0 Å². The Morgan fingerprint density at radius 1 is 1.19 bits per heavy atom. The zero-order valence-corrected chi connectivity index (χ0v) is 15.0. The molecular formula is C22H23NO3. The fourth-order valence-electron chi connectivity index (χ4n) is 3.87. The Morgan fingerprint density at radius 2 is 2.00 bits per heavy atom. The number of fused-ring (bicyclic) bond motifs is 2. The molecule has 0 aromatic heterocycles. The van der Waals surface area contributed by atoms with Crippen LogP contribution in [0, 0.1) is 0 Å². The molecule has 1 amide bonds. The second-order valence-electron chi connectivity index (χ2n) is 7.01. The quantitative estimate of drug-likeness (QED) is 0.784. The van der Waals surface area contributed by atoms with Gasteiger partial charge >= 0.3 is 0 Å². The predicted octanol–water partition coefficient (Wildman–Crippen LogP) is 3.99. The zero-order chi connectivity index (χ0) is 18.1. The third-order valence-electron chi connectivity index (χ3n) is 5.22. The Morgan fingerprint density at radius 3 is 2.77 bits per heavy atom. The smallest absolute Gasteiger partial charge is 0.254 e. The Bertz CT molecular complexity index is 844. The Hall–Kier alpha value is -2.75. The Labute approximate surface area is 154 Å².